The molecule has 0 aromatic heterocycles. The first-order valence-corrected chi connectivity index (χ1v) is 17.0. The van der Waals surface area contributed by atoms with Crippen molar-refractivity contribution >= 4 is 46.0 Å². The Morgan fingerprint density at radius 3 is 1.56 bits per heavy atom. The van der Waals surface area contributed by atoms with Crippen LogP contribution in [0.4, 0.5) is 60.5 Å². The molecule has 1 amide bonds. The number of aromatic carboxylic acids is 1. The standard InChI is InChI=1S/C18H16F3N3O5.C11H12N2O5.C7H6F3NO/c19-18(20,21)29-14-3-1-2-13(11-14)22-17(25)12-4-5-15(16(10-12)24(26)27)23-6-8-28-9-7-23;14-11(15)8-1-2-9(10(7-8)13(16)17)12-3-5-18-6-4-12;8-7(9,10)12-6-3-1-2-5(11)4-6/h1-5,10-11H,6-9H2,(H,22,25);1-2,7H,3-6H2,(H,14,15);1-4H,11H2. The van der Waals surface area contributed by atoms with Gasteiger partial charge in [-0.1, -0.05) is 12.1 Å². The number of morpholine rings is 2. The normalized spacial score (nSPS) is 14.1. The van der Waals surface area contributed by atoms with Crippen molar-refractivity contribution in [3.8, 4) is 11.5 Å². The van der Waals surface area contributed by atoms with Crippen LogP contribution in [0.2, 0.25) is 0 Å². The maximum Gasteiger partial charge on any atom is 0.573 e. The van der Waals surface area contributed by atoms with Gasteiger partial charge in [0.2, 0.25) is 0 Å². The third-order valence-electron chi connectivity index (χ3n) is 7.97. The van der Waals surface area contributed by atoms with E-state index in [1.807, 2.05) is 4.90 Å². The number of nitrogens with two attached hydrogens (primary N) is 1. The van der Waals surface area contributed by atoms with E-state index in [1.54, 1.807) is 4.90 Å². The van der Waals surface area contributed by atoms with E-state index in [2.05, 4.69) is 14.8 Å². The number of carboxylic acids is 1. The second-order valence-corrected chi connectivity index (χ2v) is 12.1. The van der Waals surface area contributed by atoms with Crippen LogP contribution in [0.3, 0.4) is 0 Å². The highest BCUT2D eigenvalue weighted by Crippen LogP contribution is 2.32. The van der Waals surface area contributed by atoms with Gasteiger partial charge in [-0.2, -0.15) is 0 Å². The van der Waals surface area contributed by atoms with Gasteiger partial charge in [-0.15, -0.1) is 26.3 Å². The van der Waals surface area contributed by atoms with Crippen LogP contribution in [0, 0.1) is 20.2 Å². The number of hydrogen-bond donors (Lipinski definition) is 3. The molecule has 2 saturated heterocycles. The van der Waals surface area contributed by atoms with Crippen molar-refractivity contribution in [2.45, 2.75) is 12.7 Å². The summed E-state index contributed by atoms with van der Waals surface area (Å²) >= 11 is 0. The van der Waals surface area contributed by atoms with Crippen molar-refractivity contribution in [2.24, 2.45) is 0 Å². The second-order valence-electron chi connectivity index (χ2n) is 12.1. The molecule has 6 rings (SSSR count). The zero-order valence-electron chi connectivity index (χ0n) is 30.4. The van der Waals surface area contributed by atoms with Gasteiger partial charge in [0.1, 0.15) is 22.9 Å². The number of rotatable bonds is 9. The number of ether oxygens (including phenoxy) is 4. The molecule has 23 heteroatoms. The third-order valence-corrected chi connectivity index (χ3v) is 7.97. The zero-order chi connectivity index (χ0) is 43.3. The summed E-state index contributed by atoms with van der Waals surface area (Å²) in [5.74, 6) is -2.68. The summed E-state index contributed by atoms with van der Waals surface area (Å²) in [5, 5.41) is 33.7. The van der Waals surface area contributed by atoms with Gasteiger partial charge in [-0.25, -0.2) is 4.79 Å². The van der Waals surface area contributed by atoms with Crippen LogP contribution in [0.1, 0.15) is 20.7 Å². The van der Waals surface area contributed by atoms with Crippen LogP contribution >= 0.6 is 0 Å². The highest BCUT2D eigenvalue weighted by Gasteiger charge is 2.32. The fourth-order valence-corrected chi connectivity index (χ4v) is 5.44. The lowest BCUT2D eigenvalue weighted by molar-refractivity contribution is -0.384. The summed E-state index contributed by atoms with van der Waals surface area (Å²) in [6, 6.07) is 17.9. The molecule has 4 aromatic carbocycles. The number of benzene rings is 4. The smallest absolute Gasteiger partial charge is 0.478 e. The second kappa shape index (κ2) is 20.0. The maximum absolute atomic E-state index is 12.4. The average Bonchev–Trinajstić information content (AvgIpc) is 3.17. The molecule has 4 N–H and O–H groups in total. The minimum Gasteiger partial charge on any atom is -0.478 e. The van der Waals surface area contributed by atoms with E-state index in [0.29, 0.717) is 64.0 Å². The number of carbonyl (C=O) groups excluding carboxylic acids is 1. The molecule has 0 unspecified atom stereocenters. The van der Waals surface area contributed by atoms with E-state index in [4.69, 9.17) is 20.3 Å². The van der Waals surface area contributed by atoms with E-state index in [9.17, 15) is 56.2 Å². The first-order valence-electron chi connectivity index (χ1n) is 17.0. The number of nitro groups is 2. The van der Waals surface area contributed by atoms with Gasteiger partial charge in [0.15, 0.2) is 0 Å². The number of carboxylic acid groups (broad SMARTS) is 1. The molecule has 4 aromatic rings. The Balaban J connectivity index is 0.000000217. The van der Waals surface area contributed by atoms with E-state index < -0.39 is 40.2 Å². The summed E-state index contributed by atoms with van der Waals surface area (Å²) in [6.07, 6.45) is -9.52. The third kappa shape index (κ3) is 14.2. The Morgan fingerprint density at radius 2 is 1.12 bits per heavy atom. The van der Waals surface area contributed by atoms with E-state index in [0.717, 1.165) is 30.3 Å². The Bertz CT molecular complexity index is 2110. The summed E-state index contributed by atoms with van der Waals surface area (Å²) < 4.78 is 89.6. The molecule has 0 bridgehead atoms. The molecule has 0 atom stereocenters. The minimum absolute atomic E-state index is 0.00384. The van der Waals surface area contributed by atoms with Crippen molar-refractivity contribution in [1.29, 1.82) is 0 Å². The van der Waals surface area contributed by atoms with Gasteiger partial charge in [0.05, 0.1) is 41.8 Å². The fourth-order valence-electron chi connectivity index (χ4n) is 5.44. The molecule has 0 saturated carbocycles. The van der Waals surface area contributed by atoms with Crippen molar-refractivity contribution in [3.63, 3.8) is 0 Å². The van der Waals surface area contributed by atoms with Crippen molar-refractivity contribution in [2.75, 3.05) is 73.5 Å². The number of nitrogen functional groups attached to an aromatic ring is 1. The summed E-state index contributed by atoms with van der Waals surface area (Å²) in [5.41, 5.74) is 5.81. The van der Waals surface area contributed by atoms with Gasteiger partial charge in [0, 0.05) is 67.4 Å². The highest BCUT2D eigenvalue weighted by atomic mass is 19.4. The topological polar surface area (TPSA) is 222 Å². The predicted molar refractivity (Wildman–Crippen MR) is 198 cm³/mol. The number of nitro benzene ring substituents is 2. The van der Waals surface area contributed by atoms with Gasteiger partial charge in [-0.05, 0) is 48.5 Å². The number of anilines is 4. The molecule has 0 radical (unpaired) electrons. The van der Waals surface area contributed by atoms with Crippen LogP contribution in [-0.4, -0.2) is 92.2 Å². The van der Waals surface area contributed by atoms with Gasteiger partial charge in [0.25, 0.3) is 17.3 Å². The lowest BCUT2D eigenvalue weighted by atomic mass is 10.1. The largest absolute Gasteiger partial charge is 0.573 e. The summed E-state index contributed by atoms with van der Waals surface area (Å²) in [4.78, 5) is 48.2. The lowest BCUT2D eigenvalue weighted by Crippen LogP contribution is -2.36. The Labute approximate surface area is 329 Å². The Kier molecular flexibility index (Phi) is 15.2. The molecule has 2 fully saturated rings. The quantitative estimate of drug-likeness (QED) is 0.0677. The summed E-state index contributed by atoms with van der Waals surface area (Å²) in [6.45, 7) is 4.00. The first kappa shape index (κ1) is 44.8. The highest BCUT2D eigenvalue weighted by molar-refractivity contribution is 6.05. The number of alkyl halides is 6. The van der Waals surface area contributed by atoms with Gasteiger partial charge in [-0.3, -0.25) is 25.0 Å². The first-order chi connectivity index (χ1) is 27.8. The van der Waals surface area contributed by atoms with E-state index >= 15 is 0 Å². The molecule has 316 valence electrons. The zero-order valence-corrected chi connectivity index (χ0v) is 30.4. The molecule has 59 heavy (non-hydrogen) atoms. The van der Waals surface area contributed by atoms with Crippen molar-refractivity contribution < 1.29 is 69.8 Å². The number of nitrogens with one attached hydrogen (secondary N) is 1. The Morgan fingerprint density at radius 1 is 0.678 bits per heavy atom. The Hall–Kier alpha value is -6.88. The monoisotopic (exact) mass is 840 g/mol. The van der Waals surface area contributed by atoms with Gasteiger partial charge < -0.3 is 44.9 Å². The van der Waals surface area contributed by atoms with Crippen LogP contribution in [0.5, 0.6) is 11.5 Å². The van der Waals surface area contributed by atoms with Crippen molar-refractivity contribution in [1.82, 2.24) is 0 Å². The molecule has 0 aliphatic carbocycles. The number of amides is 1. The molecular weight excluding hydrogens is 806 g/mol. The fraction of sp³-hybridized carbons (Fsp3) is 0.278. The van der Waals surface area contributed by atoms with E-state index in [-0.39, 0.29) is 39.6 Å². The number of nitrogens with zero attached hydrogens (tertiary/aromatic N) is 4. The molecule has 0 spiro atoms. The lowest BCUT2D eigenvalue weighted by Gasteiger charge is -2.28. The number of hydrogen-bond acceptors (Lipinski definition) is 13. The molecule has 2 heterocycles. The molecule has 2 aliphatic rings. The molecule has 2 aliphatic heterocycles. The van der Waals surface area contributed by atoms with Crippen LogP contribution < -0.4 is 30.3 Å². The molecular formula is C36H34F6N6O11. The minimum atomic E-state index is -4.86. The van der Waals surface area contributed by atoms with Gasteiger partial charge >= 0.3 is 18.7 Å². The average molecular weight is 841 g/mol. The maximum atomic E-state index is 12.4. The van der Waals surface area contributed by atoms with E-state index in [1.165, 1.54) is 54.6 Å². The van der Waals surface area contributed by atoms with Crippen LogP contribution in [0.15, 0.2) is 84.9 Å². The molecule has 17 nitrogen and oxygen atoms in total. The van der Waals surface area contributed by atoms with Crippen LogP contribution in [0.25, 0.3) is 0 Å². The number of carbonyl (C=O) groups is 2. The van der Waals surface area contributed by atoms with Crippen molar-refractivity contribution in [3.05, 3.63) is 116 Å². The van der Waals surface area contributed by atoms with Crippen LogP contribution in [-0.2, 0) is 9.47 Å². The number of halogens is 6. The predicted octanol–water partition coefficient (Wildman–Crippen LogP) is 6.88. The SMILES string of the molecule is Nc1cccc(OC(F)(F)F)c1.O=C(Nc1cccc(OC(F)(F)F)c1)c1ccc(N2CCOCC2)c([N+](=O)[O-])c1.O=C(O)c1ccc(N2CCOCC2)c([N+](=O)[O-])c1. The summed E-state index contributed by atoms with van der Waals surface area (Å²) in [7, 11) is 0.